The van der Waals surface area contributed by atoms with E-state index in [0.717, 1.165) is 16.8 Å². The molecule has 1 amide bonds. The normalized spacial score (nSPS) is 18.9. The Morgan fingerprint density at radius 1 is 1.28 bits per heavy atom. The fourth-order valence-corrected chi connectivity index (χ4v) is 3.61. The average Bonchev–Trinajstić information content (AvgIpc) is 3.17. The first kappa shape index (κ1) is 16.1. The number of amidine groups is 1. The van der Waals surface area contributed by atoms with Gasteiger partial charge in [-0.1, -0.05) is 29.8 Å². The van der Waals surface area contributed by atoms with Gasteiger partial charge in [0, 0.05) is 0 Å². The van der Waals surface area contributed by atoms with Gasteiger partial charge < -0.3 is 14.8 Å². The van der Waals surface area contributed by atoms with Crippen LogP contribution in [0.25, 0.3) is 6.08 Å². The molecule has 1 fully saturated rings. The highest BCUT2D eigenvalue weighted by molar-refractivity contribution is 8.18. The number of aliphatic imine (C=N–C) groups is 1. The van der Waals surface area contributed by atoms with Crippen molar-refractivity contribution in [2.75, 3.05) is 6.79 Å². The van der Waals surface area contributed by atoms with Crippen molar-refractivity contribution in [3.8, 4) is 11.5 Å². The van der Waals surface area contributed by atoms with Gasteiger partial charge in [-0.15, -0.1) is 0 Å². The summed E-state index contributed by atoms with van der Waals surface area (Å²) >= 11 is 7.48. The Labute approximate surface area is 153 Å². The Hall–Kier alpha value is -2.44. The van der Waals surface area contributed by atoms with E-state index in [2.05, 4.69) is 10.3 Å². The van der Waals surface area contributed by atoms with Crippen LogP contribution in [0.4, 0.5) is 5.69 Å². The minimum Gasteiger partial charge on any atom is -0.454 e. The second-order valence-corrected chi connectivity index (χ2v) is 6.94. The maximum atomic E-state index is 12.2. The number of rotatable bonds is 2. The monoisotopic (exact) mass is 372 g/mol. The summed E-state index contributed by atoms with van der Waals surface area (Å²) in [6.45, 7) is 2.13. The number of hydrogen-bond acceptors (Lipinski definition) is 5. The number of hydrogen-bond donors (Lipinski definition) is 1. The molecule has 2 aromatic carbocycles. The Balaban J connectivity index is 1.62. The number of carbonyl (C=O) groups excluding carboxylic acids is 1. The minimum absolute atomic E-state index is 0.150. The van der Waals surface area contributed by atoms with Crippen molar-refractivity contribution in [3.05, 3.63) is 57.5 Å². The summed E-state index contributed by atoms with van der Waals surface area (Å²) in [7, 11) is 0. The van der Waals surface area contributed by atoms with E-state index >= 15 is 0 Å². The zero-order chi connectivity index (χ0) is 17.4. The van der Waals surface area contributed by atoms with Crippen molar-refractivity contribution in [1.82, 2.24) is 5.32 Å². The number of thioether (sulfide) groups is 1. The molecule has 2 aliphatic rings. The number of fused-ring (bicyclic) bond motifs is 1. The van der Waals surface area contributed by atoms with Crippen LogP contribution in [0.2, 0.25) is 5.02 Å². The summed E-state index contributed by atoms with van der Waals surface area (Å²) in [5.74, 6) is 0.928. The van der Waals surface area contributed by atoms with Crippen LogP contribution in [0.15, 0.2) is 46.3 Å². The van der Waals surface area contributed by atoms with Crippen LogP contribution >= 0.6 is 23.4 Å². The molecular formula is C18H13ClN2O3S. The second kappa shape index (κ2) is 6.46. The maximum absolute atomic E-state index is 12.2. The Morgan fingerprint density at radius 2 is 2.12 bits per heavy atom. The number of amides is 1. The molecule has 0 radical (unpaired) electrons. The summed E-state index contributed by atoms with van der Waals surface area (Å²) in [5, 5.41) is 3.79. The molecule has 4 rings (SSSR count). The zero-order valence-electron chi connectivity index (χ0n) is 13.2. The molecule has 0 saturated carbocycles. The van der Waals surface area contributed by atoms with E-state index in [1.807, 2.05) is 31.2 Å². The molecule has 0 unspecified atom stereocenters. The van der Waals surface area contributed by atoms with Crippen LogP contribution in [-0.4, -0.2) is 17.9 Å². The van der Waals surface area contributed by atoms with Crippen LogP contribution in [0.3, 0.4) is 0 Å². The minimum atomic E-state index is -0.189. The molecule has 0 atom stereocenters. The van der Waals surface area contributed by atoms with E-state index < -0.39 is 0 Å². The van der Waals surface area contributed by atoms with Gasteiger partial charge in [0.2, 0.25) is 6.79 Å². The Kier molecular flexibility index (Phi) is 4.15. The van der Waals surface area contributed by atoms with Crippen LogP contribution in [0, 0.1) is 6.92 Å². The highest BCUT2D eigenvalue weighted by Gasteiger charge is 2.25. The summed E-state index contributed by atoms with van der Waals surface area (Å²) in [6.07, 6.45) is 1.76. The lowest BCUT2D eigenvalue weighted by molar-refractivity contribution is -0.115. The van der Waals surface area contributed by atoms with Crippen molar-refractivity contribution < 1.29 is 14.3 Å². The smallest absolute Gasteiger partial charge is 0.264 e. The topological polar surface area (TPSA) is 59.9 Å². The quantitative estimate of drug-likeness (QED) is 0.800. The third-order valence-electron chi connectivity index (χ3n) is 3.74. The number of aryl methyl sites for hydroxylation is 1. The number of nitrogens with one attached hydrogen (secondary N) is 1. The second-order valence-electron chi connectivity index (χ2n) is 5.50. The van der Waals surface area contributed by atoms with Gasteiger partial charge in [0.1, 0.15) is 0 Å². The largest absolute Gasteiger partial charge is 0.454 e. The van der Waals surface area contributed by atoms with Crippen molar-refractivity contribution in [2.24, 2.45) is 4.99 Å². The molecule has 126 valence electrons. The highest BCUT2D eigenvalue weighted by atomic mass is 35.5. The standard InChI is InChI=1S/C18H13ClN2O3S/c1-10-4-2-3-5-13(10)20-18-21-17(22)15(25-18)8-11-6-12(19)16-14(7-11)23-9-24-16/h2-8H,9H2,1H3,(H,20,21,22)/b15-8-. The van der Waals surface area contributed by atoms with E-state index in [-0.39, 0.29) is 12.7 Å². The predicted molar refractivity (Wildman–Crippen MR) is 99.6 cm³/mol. The van der Waals surface area contributed by atoms with Gasteiger partial charge in [-0.3, -0.25) is 4.79 Å². The summed E-state index contributed by atoms with van der Waals surface area (Å²) in [4.78, 5) is 17.3. The van der Waals surface area contributed by atoms with Gasteiger partial charge in [0.25, 0.3) is 5.91 Å². The first-order chi connectivity index (χ1) is 12.1. The molecule has 0 aliphatic carbocycles. The van der Waals surface area contributed by atoms with Crippen LogP contribution in [-0.2, 0) is 4.79 Å². The summed E-state index contributed by atoms with van der Waals surface area (Å²) in [6, 6.07) is 11.3. The molecule has 7 heteroatoms. The van der Waals surface area contributed by atoms with Crippen molar-refractivity contribution in [1.29, 1.82) is 0 Å². The Morgan fingerprint density at radius 3 is 2.96 bits per heavy atom. The fraction of sp³-hybridized carbons (Fsp3) is 0.111. The van der Waals surface area contributed by atoms with Crippen LogP contribution in [0.5, 0.6) is 11.5 Å². The summed E-state index contributed by atoms with van der Waals surface area (Å²) in [5.41, 5.74) is 2.64. The fourth-order valence-electron chi connectivity index (χ4n) is 2.50. The van der Waals surface area contributed by atoms with Crippen LogP contribution in [0.1, 0.15) is 11.1 Å². The molecule has 25 heavy (non-hydrogen) atoms. The molecule has 2 aliphatic heterocycles. The van der Waals surface area contributed by atoms with Crippen molar-refractivity contribution in [3.63, 3.8) is 0 Å². The van der Waals surface area contributed by atoms with Crippen LogP contribution < -0.4 is 14.8 Å². The van der Waals surface area contributed by atoms with Gasteiger partial charge >= 0.3 is 0 Å². The third-order valence-corrected chi connectivity index (χ3v) is 4.93. The molecule has 2 heterocycles. The SMILES string of the molecule is Cc1ccccc1N=C1NC(=O)/C(=C/c2cc(Cl)c3c(c2)OCO3)S1. The van der Waals surface area contributed by atoms with E-state index in [1.165, 1.54) is 11.8 Å². The van der Waals surface area contributed by atoms with E-state index in [4.69, 9.17) is 21.1 Å². The third kappa shape index (κ3) is 3.23. The van der Waals surface area contributed by atoms with E-state index in [9.17, 15) is 4.79 Å². The summed E-state index contributed by atoms with van der Waals surface area (Å²) < 4.78 is 10.6. The lowest BCUT2D eigenvalue weighted by atomic mass is 10.2. The molecule has 1 saturated heterocycles. The van der Waals surface area contributed by atoms with E-state index in [1.54, 1.807) is 18.2 Å². The Bertz CT molecular complexity index is 940. The molecule has 0 aromatic heterocycles. The van der Waals surface area contributed by atoms with Gasteiger partial charge in [0.05, 0.1) is 15.6 Å². The molecule has 1 N–H and O–H groups in total. The van der Waals surface area contributed by atoms with Gasteiger partial charge in [-0.2, -0.15) is 0 Å². The maximum Gasteiger partial charge on any atom is 0.264 e. The predicted octanol–water partition coefficient (Wildman–Crippen LogP) is 4.27. The molecule has 2 aromatic rings. The average molecular weight is 373 g/mol. The lowest BCUT2D eigenvalue weighted by Gasteiger charge is -2.01. The van der Waals surface area contributed by atoms with Gasteiger partial charge in [-0.25, -0.2) is 4.99 Å². The van der Waals surface area contributed by atoms with Crippen molar-refractivity contribution in [2.45, 2.75) is 6.92 Å². The number of nitrogens with zero attached hydrogens (tertiary/aromatic N) is 1. The first-order valence-corrected chi connectivity index (χ1v) is 8.74. The first-order valence-electron chi connectivity index (χ1n) is 7.54. The molecule has 0 spiro atoms. The number of ether oxygens (including phenoxy) is 2. The molecule has 0 bridgehead atoms. The van der Waals surface area contributed by atoms with Crippen molar-refractivity contribution >= 4 is 46.2 Å². The number of carbonyl (C=O) groups is 1. The zero-order valence-corrected chi connectivity index (χ0v) is 14.8. The van der Waals surface area contributed by atoms with Gasteiger partial charge in [0.15, 0.2) is 16.7 Å². The lowest BCUT2D eigenvalue weighted by Crippen LogP contribution is -2.19. The highest BCUT2D eigenvalue weighted by Crippen LogP contribution is 2.41. The molecule has 5 nitrogen and oxygen atoms in total. The van der Waals surface area contributed by atoms with Gasteiger partial charge in [-0.05, 0) is 54.1 Å². The number of benzene rings is 2. The number of halogens is 1. The number of para-hydroxylation sites is 1. The van der Waals surface area contributed by atoms with E-state index in [0.29, 0.717) is 26.6 Å². The molecular weight excluding hydrogens is 360 g/mol.